The summed E-state index contributed by atoms with van der Waals surface area (Å²) in [7, 11) is 0. The lowest BCUT2D eigenvalue weighted by atomic mass is 10.2. The molecule has 0 radical (unpaired) electrons. The summed E-state index contributed by atoms with van der Waals surface area (Å²) in [5.74, 6) is 1.12. The first-order valence-corrected chi connectivity index (χ1v) is 2.94. The van der Waals surface area contributed by atoms with Gasteiger partial charge in [0.15, 0.2) is 5.90 Å². The number of nitrogens with zero attached hydrogens (tertiary/aromatic N) is 1. The highest BCUT2D eigenvalue weighted by atomic mass is 16.5. The Balaban J connectivity index is 2.66. The van der Waals surface area contributed by atoms with E-state index in [0.717, 1.165) is 5.90 Å². The quantitative estimate of drug-likeness (QED) is 0.486. The van der Waals surface area contributed by atoms with Crippen LogP contribution in [0.3, 0.4) is 0 Å². The Labute approximate surface area is 54.6 Å². The van der Waals surface area contributed by atoms with E-state index in [0.29, 0.717) is 5.92 Å². The molecule has 48 valence electrons. The molecule has 0 atom stereocenters. The summed E-state index contributed by atoms with van der Waals surface area (Å²) in [6.45, 7) is 4.07. The number of hydrogen-bond acceptors (Lipinski definition) is 2. The van der Waals surface area contributed by atoms with Crippen molar-refractivity contribution in [3.8, 4) is 0 Å². The molecule has 1 rings (SSSR count). The minimum absolute atomic E-state index is 0.361. The third-order valence-corrected chi connectivity index (χ3v) is 1.01. The van der Waals surface area contributed by atoms with Gasteiger partial charge in [0.05, 0.1) is 6.20 Å². The van der Waals surface area contributed by atoms with Gasteiger partial charge in [0, 0.05) is 5.92 Å². The van der Waals surface area contributed by atoms with Crippen molar-refractivity contribution in [3.05, 3.63) is 18.2 Å². The standard InChI is InChI=1S/C7H9NO/c1-6(2)7-8-4-3-5-9-7/h4-6H,1-2H3. The molecule has 0 aromatic carbocycles. The van der Waals surface area contributed by atoms with Gasteiger partial charge in [-0.3, -0.25) is 0 Å². The zero-order valence-corrected chi connectivity index (χ0v) is 5.59. The van der Waals surface area contributed by atoms with Gasteiger partial charge in [0.2, 0.25) is 0 Å². The second-order valence-corrected chi connectivity index (χ2v) is 2.15. The molecule has 0 amide bonds. The van der Waals surface area contributed by atoms with Crippen molar-refractivity contribution < 1.29 is 4.74 Å². The zero-order valence-electron chi connectivity index (χ0n) is 5.59. The van der Waals surface area contributed by atoms with Gasteiger partial charge in [-0.1, -0.05) is 19.6 Å². The molecule has 0 saturated carbocycles. The topological polar surface area (TPSA) is 21.6 Å². The van der Waals surface area contributed by atoms with Crippen molar-refractivity contribution in [2.45, 2.75) is 13.8 Å². The van der Waals surface area contributed by atoms with Crippen LogP contribution in [-0.2, 0) is 4.74 Å². The Morgan fingerprint density at radius 3 is 2.78 bits per heavy atom. The van der Waals surface area contributed by atoms with Crippen molar-refractivity contribution in [1.82, 2.24) is 0 Å². The first kappa shape index (κ1) is 6.12. The van der Waals surface area contributed by atoms with Crippen molar-refractivity contribution >= 4 is 5.90 Å². The largest absolute Gasteiger partial charge is 0.442 e. The molecule has 0 aromatic heterocycles. The third-order valence-electron chi connectivity index (χ3n) is 1.01. The molecule has 0 N–H and O–H groups in total. The second-order valence-electron chi connectivity index (χ2n) is 2.15. The molecule has 2 nitrogen and oxygen atoms in total. The fourth-order valence-electron chi connectivity index (χ4n) is 0.541. The second kappa shape index (κ2) is 2.51. The maximum Gasteiger partial charge on any atom is 0.197 e. The molecule has 2 heteroatoms. The van der Waals surface area contributed by atoms with E-state index in [4.69, 9.17) is 4.74 Å². The molecule has 1 aliphatic heterocycles. The van der Waals surface area contributed by atoms with Crippen molar-refractivity contribution in [2.24, 2.45) is 10.9 Å². The first-order chi connectivity index (χ1) is 4.30. The van der Waals surface area contributed by atoms with E-state index in [1.807, 2.05) is 13.8 Å². The Bertz CT molecular complexity index is 185. The van der Waals surface area contributed by atoms with Crippen LogP contribution in [-0.4, -0.2) is 5.90 Å². The minimum Gasteiger partial charge on any atom is -0.442 e. The predicted octanol–water partition coefficient (Wildman–Crippen LogP) is 1.70. The molecular weight excluding hydrogens is 114 g/mol. The lowest BCUT2D eigenvalue weighted by Crippen LogP contribution is -2.09. The van der Waals surface area contributed by atoms with Crippen molar-refractivity contribution in [2.75, 3.05) is 0 Å². The SMILES string of the molecule is CC(C)C1=NC=C=CO1. The van der Waals surface area contributed by atoms with E-state index in [2.05, 4.69) is 10.7 Å². The smallest absolute Gasteiger partial charge is 0.197 e. The van der Waals surface area contributed by atoms with Gasteiger partial charge < -0.3 is 4.74 Å². The molecule has 1 heterocycles. The van der Waals surface area contributed by atoms with Gasteiger partial charge in [0.25, 0.3) is 0 Å². The fraction of sp³-hybridized carbons (Fsp3) is 0.429. The average molecular weight is 123 g/mol. The molecule has 1 aliphatic rings. The molecule has 0 aliphatic carbocycles. The van der Waals surface area contributed by atoms with Crippen LogP contribution in [0, 0.1) is 5.92 Å². The summed E-state index contributed by atoms with van der Waals surface area (Å²) >= 11 is 0. The van der Waals surface area contributed by atoms with Crippen molar-refractivity contribution in [3.63, 3.8) is 0 Å². The van der Waals surface area contributed by atoms with E-state index in [-0.39, 0.29) is 0 Å². The third kappa shape index (κ3) is 1.44. The van der Waals surface area contributed by atoms with Crippen LogP contribution < -0.4 is 0 Å². The summed E-state index contributed by atoms with van der Waals surface area (Å²) in [6.07, 6.45) is 3.13. The Hall–Kier alpha value is -1.01. The summed E-state index contributed by atoms with van der Waals surface area (Å²) in [6, 6.07) is 0. The van der Waals surface area contributed by atoms with E-state index < -0.39 is 0 Å². The number of ether oxygens (including phenoxy) is 1. The highest BCUT2D eigenvalue weighted by molar-refractivity contribution is 5.79. The predicted molar refractivity (Wildman–Crippen MR) is 36.0 cm³/mol. The Kier molecular flexibility index (Phi) is 1.71. The fourth-order valence-corrected chi connectivity index (χ4v) is 0.541. The highest BCUT2D eigenvalue weighted by Crippen LogP contribution is 2.02. The molecule has 0 unspecified atom stereocenters. The summed E-state index contributed by atoms with van der Waals surface area (Å²) in [5, 5.41) is 0. The molecule has 0 bridgehead atoms. The van der Waals surface area contributed by atoms with Crippen LogP contribution in [0.5, 0.6) is 0 Å². The van der Waals surface area contributed by atoms with Crippen LogP contribution >= 0.6 is 0 Å². The van der Waals surface area contributed by atoms with E-state index in [9.17, 15) is 0 Å². The molecule has 0 aromatic rings. The molecule has 0 spiro atoms. The van der Waals surface area contributed by atoms with Gasteiger partial charge in [-0.2, -0.15) is 0 Å². The summed E-state index contributed by atoms with van der Waals surface area (Å²) in [5.41, 5.74) is 2.71. The van der Waals surface area contributed by atoms with Gasteiger partial charge in [-0.25, -0.2) is 4.99 Å². The van der Waals surface area contributed by atoms with Gasteiger partial charge >= 0.3 is 0 Å². The number of rotatable bonds is 1. The van der Waals surface area contributed by atoms with Crippen LogP contribution in [0.4, 0.5) is 0 Å². The van der Waals surface area contributed by atoms with E-state index in [1.165, 1.54) is 6.26 Å². The zero-order chi connectivity index (χ0) is 6.69. The maximum atomic E-state index is 5.02. The summed E-state index contributed by atoms with van der Waals surface area (Å²) < 4.78 is 5.02. The minimum atomic E-state index is 0.361. The Morgan fingerprint density at radius 1 is 1.67 bits per heavy atom. The van der Waals surface area contributed by atoms with E-state index >= 15 is 0 Å². The summed E-state index contributed by atoms with van der Waals surface area (Å²) in [4.78, 5) is 3.96. The number of aliphatic imine (C=N–C) groups is 1. The average Bonchev–Trinajstić information content (AvgIpc) is 1.90. The molecule has 0 fully saturated rings. The maximum absolute atomic E-state index is 5.02. The van der Waals surface area contributed by atoms with Crippen LogP contribution in [0.2, 0.25) is 0 Å². The van der Waals surface area contributed by atoms with Crippen LogP contribution in [0.25, 0.3) is 0 Å². The highest BCUT2D eigenvalue weighted by Gasteiger charge is 2.04. The monoisotopic (exact) mass is 123 g/mol. The van der Waals surface area contributed by atoms with Gasteiger partial charge in [0.1, 0.15) is 6.26 Å². The molecular formula is C7H9NO. The van der Waals surface area contributed by atoms with Crippen LogP contribution in [0.15, 0.2) is 23.2 Å². The van der Waals surface area contributed by atoms with Gasteiger partial charge in [-0.15, -0.1) is 0 Å². The molecule has 0 saturated heterocycles. The van der Waals surface area contributed by atoms with Crippen LogP contribution in [0.1, 0.15) is 13.8 Å². The number of hydrogen-bond donors (Lipinski definition) is 0. The first-order valence-electron chi connectivity index (χ1n) is 2.94. The lowest BCUT2D eigenvalue weighted by molar-refractivity contribution is 0.434. The van der Waals surface area contributed by atoms with Gasteiger partial charge in [-0.05, 0) is 0 Å². The normalized spacial score (nSPS) is 15.7. The Morgan fingerprint density at radius 2 is 2.44 bits per heavy atom. The lowest BCUT2D eigenvalue weighted by Gasteiger charge is -2.07. The van der Waals surface area contributed by atoms with Crippen molar-refractivity contribution in [1.29, 1.82) is 0 Å². The van der Waals surface area contributed by atoms with E-state index in [1.54, 1.807) is 6.20 Å². The molecule has 9 heavy (non-hydrogen) atoms.